The second kappa shape index (κ2) is 5.88. The van der Waals surface area contributed by atoms with Gasteiger partial charge in [0.2, 0.25) is 10.0 Å². The highest BCUT2D eigenvalue weighted by Crippen LogP contribution is 2.32. The van der Waals surface area contributed by atoms with Crippen molar-refractivity contribution in [1.29, 1.82) is 0 Å². The molecule has 0 saturated heterocycles. The van der Waals surface area contributed by atoms with Crippen LogP contribution in [0.5, 0.6) is 0 Å². The van der Waals surface area contributed by atoms with Gasteiger partial charge in [0, 0.05) is 25.8 Å². The molecule has 1 fully saturated rings. The van der Waals surface area contributed by atoms with Crippen LogP contribution in [0.3, 0.4) is 0 Å². The van der Waals surface area contributed by atoms with E-state index in [0.717, 1.165) is 12.8 Å². The number of nitrogens with one attached hydrogen (secondary N) is 1. The third-order valence-electron chi connectivity index (χ3n) is 3.24. The number of anilines is 1. The Balaban J connectivity index is 2.31. The van der Waals surface area contributed by atoms with Crippen molar-refractivity contribution in [3.63, 3.8) is 0 Å². The molecule has 0 amide bonds. The number of nitrogens with zero attached hydrogens (tertiary/aromatic N) is 2. The molecule has 1 aromatic heterocycles. The van der Waals surface area contributed by atoms with Gasteiger partial charge < -0.3 is 5.32 Å². The Labute approximate surface area is 115 Å². The van der Waals surface area contributed by atoms with Crippen molar-refractivity contribution in [2.75, 3.05) is 25.0 Å². The number of hydrogen-bond donors (Lipinski definition) is 1. The summed E-state index contributed by atoms with van der Waals surface area (Å²) in [5, 5.41) is 3.01. The zero-order valence-electron chi connectivity index (χ0n) is 11.5. The lowest BCUT2D eigenvalue weighted by Crippen LogP contribution is -2.33. The molecular formula is C13H21N3O2S. The first-order valence-electron chi connectivity index (χ1n) is 6.78. The molecule has 1 aliphatic rings. The van der Waals surface area contributed by atoms with Gasteiger partial charge in [-0.05, 0) is 37.8 Å². The van der Waals surface area contributed by atoms with Crippen LogP contribution in [0.25, 0.3) is 0 Å². The fourth-order valence-electron chi connectivity index (χ4n) is 2.02. The molecule has 0 bridgehead atoms. The Hall–Kier alpha value is -1.14. The smallest absolute Gasteiger partial charge is 0.246 e. The molecule has 0 aliphatic heterocycles. The van der Waals surface area contributed by atoms with Gasteiger partial charge >= 0.3 is 0 Å². The molecular weight excluding hydrogens is 262 g/mol. The highest BCUT2D eigenvalue weighted by Gasteiger charge is 2.32. The summed E-state index contributed by atoms with van der Waals surface area (Å²) in [4.78, 5) is 4.41. The molecule has 0 atom stereocenters. The molecule has 5 nitrogen and oxygen atoms in total. The molecule has 19 heavy (non-hydrogen) atoms. The maximum atomic E-state index is 12.7. The molecule has 1 aromatic rings. The maximum Gasteiger partial charge on any atom is 0.246 e. The fraction of sp³-hybridized carbons (Fsp3) is 0.615. The van der Waals surface area contributed by atoms with Crippen LogP contribution in [0.4, 0.5) is 5.82 Å². The molecule has 106 valence electrons. The largest absolute Gasteiger partial charge is 0.369 e. The summed E-state index contributed by atoms with van der Waals surface area (Å²) in [5.74, 6) is 0.980. The Kier molecular flexibility index (Phi) is 4.42. The molecule has 1 heterocycles. The third-order valence-corrected chi connectivity index (χ3v) is 5.22. The highest BCUT2D eigenvalue weighted by atomic mass is 32.2. The summed E-state index contributed by atoms with van der Waals surface area (Å²) in [7, 11) is -3.45. The summed E-state index contributed by atoms with van der Waals surface area (Å²) in [6, 6.07) is 3.29. The van der Waals surface area contributed by atoms with Crippen molar-refractivity contribution in [3.8, 4) is 0 Å². The maximum absolute atomic E-state index is 12.7. The lowest BCUT2D eigenvalue weighted by Gasteiger charge is -2.21. The lowest BCUT2D eigenvalue weighted by molar-refractivity contribution is 0.412. The average molecular weight is 283 g/mol. The summed E-state index contributed by atoms with van der Waals surface area (Å²) in [6.45, 7) is 5.57. The van der Waals surface area contributed by atoms with Crippen molar-refractivity contribution in [3.05, 3.63) is 18.3 Å². The number of pyridine rings is 1. The topological polar surface area (TPSA) is 62.3 Å². The second-order valence-electron chi connectivity index (χ2n) is 4.78. The van der Waals surface area contributed by atoms with E-state index in [1.165, 1.54) is 0 Å². The minimum Gasteiger partial charge on any atom is -0.369 e. The summed E-state index contributed by atoms with van der Waals surface area (Å²) in [6.07, 6.45) is 3.88. The number of hydrogen-bond acceptors (Lipinski definition) is 4. The summed E-state index contributed by atoms with van der Waals surface area (Å²) < 4.78 is 26.9. The van der Waals surface area contributed by atoms with Gasteiger partial charge in [-0.15, -0.1) is 0 Å². The van der Waals surface area contributed by atoms with Crippen LogP contribution in [0.2, 0.25) is 0 Å². The number of aromatic nitrogens is 1. The van der Waals surface area contributed by atoms with Crippen LogP contribution in [-0.4, -0.2) is 37.3 Å². The van der Waals surface area contributed by atoms with Gasteiger partial charge in [-0.25, -0.2) is 13.4 Å². The van der Waals surface area contributed by atoms with Gasteiger partial charge in [0.25, 0.3) is 0 Å². The fourth-order valence-corrected chi connectivity index (χ4v) is 3.67. The molecule has 1 N–H and O–H groups in total. The molecule has 0 spiro atoms. The van der Waals surface area contributed by atoms with E-state index in [0.29, 0.717) is 31.4 Å². The Morgan fingerprint density at radius 1 is 1.42 bits per heavy atom. The molecule has 2 rings (SSSR count). The first-order chi connectivity index (χ1) is 9.09. The van der Waals surface area contributed by atoms with Crippen molar-refractivity contribution in [2.24, 2.45) is 5.92 Å². The standard InChI is InChI=1S/C13H21N3O2S/c1-3-14-13-12(6-5-9-15-13)19(17,18)16(4-2)10-11-7-8-11/h5-6,9,11H,3-4,7-8,10H2,1-2H3,(H,14,15). The van der Waals surface area contributed by atoms with Crippen molar-refractivity contribution < 1.29 is 8.42 Å². The number of rotatable bonds is 7. The van der Waals surface area contributed by atoms with Gasteiger partial charge in [-0.1, -0.05) is 6.92 Å². The summed E-state index contributed by atoms with van der Waals surface area (Å²) in [5.41, 5.74) is 0. The van der Waals surface area contributed by atoms with Crippen LogP contribution in [0.15, 0.2) is 23.2 Å². The highest BCUT2D eigenvalue weighted by molar-refractivity contribution is 7.89. The van der Waals surface area contributed by atoms with E-state index in [-0.39, 0.29) is 4.90 Å². The van der Waals surface area contributed by atoms with Crippen molar-refractivity contribution in [1.82, 2.24) is 9.29 Å². The quantitative estimate of drug-likeness (QED) is 0.830. The Morgan fingerprint density at radius 2 is 2.16 bits per heavy atom. The summed E-state index contributed by atoms with van der Waals surface area (Å²) >= 11 is 0. The SMILES string of the molecule is CCNc1ncccc1S(=O)(=O)N(CC)CC1CC1. The van der Waals surface area contributed by atoms with Crippen LogP contribution in [0, 0.1) is 5.92 Å². The van der Waals surface area contributed by atoms with Crippen LogP contribution >= 0.6 is 0 Å². The minimum atomic E-state index is -3.45. The third kappa shape index (κ3) is 3.25. The van der Waals surface area contributed by atoms with Crippen LogP contribution < -0.4 is 5.32 Å². The Bertz CT molecular complexity index is 526. The van der Waals surface area contributed by atoms with Gasteiger partial charge in [-0.2, -0.15) is 4.31 Å². The van der Waals surface area contributed by atoms with E-state index in [1.807, 2.05) is 13.8 Å². The van der Waals surface area contributed by atoms with Crippen molar-refractivity contribution >= 4 is 15.8 Å². The molecule has 6 heteroatoms. The van der Waals surface area contributed by atoms with E-state index >= 15 is 0 Å². The van der Waals surface area contributed by atoms with Crippen LogP contribution in [-0.2, 0) is 10.0 Å². The van der Waals surface area contributed by atoms with Gasteiger partial charge in [0.1, 0.15) is 10.7 Å². The molecule has 0 radical (unpaired) electrons. The van der Waals surface area contributed by atoms with E-state index in [9.17, 15) is 8.42 Å². The van der Waals surface area contributed by atoms with Gasteiger partial charge in [-0.3, -0.25) is 0 Å². The second-order valence-corrected chi connectivity index (χ2v) is 6.69. The van der Waals surface area contributed by atoms with Crippen LogP contribution in [0.1, 0.15) is 26.7 Å². The normalized spacial score (nSPS) is 15.7. The van der Waals surface area contributed by atoms with E-state index in [1.54, 1.807) is 22.6 Å². The van der Waals surface area contributed by atoms with Crippen molar-refractivity contribution in [2.45, 2.75) is 31.6 Å². The molecule has 1 aliphatic carbocycles. The minimum absolute atomic E-state index is 0.277. The van der Waals surface area contributed by atoms with Gasteiger partial charge in [0.15, 0.2) is 0 Å². The molecule has 1 saturated carbocycles. The predicted molar refractivity (Wildman–Crippen MR) is 75.6 cm³/mol. The first kappa shape index (κ1) is 14.3. The predicted octanol–water partition coefficient (Wildman–Crippen LogP) is 1.93. The zero-order valence-corrected chi connectivity index (χ0v) is 12.3. The Morgan fingerprint density at radius 3 is 2.74 bits per heavy atom. The lowest BCUT2D eigenvalue weighted by atomic mass is 10.4. The van der Waals surface area contributed by atoms with Gasteiger partial charge in [0.05, 0.1) is 0 Å². The average Bonchev–Trinajstić information content (AvgIpc) is 3.20. The first-order valence-corrected chi connectivity index (χ1v) is 8.22. The van der Waals surface area contributed by atoms with E-state index < -0.39 is 10.0 Å². The van der Waals surface area contributed by atoms with E-state index in [2.05, 4.69) is 10.3 Å². The zero-order chi connectivity index (χ0) is 13.9. The number of sulfonamides is 1. The molecule has 0 unspecified atom stereocenters. The van der Waals surface area contributed by atoms with E-state index in [4.69, 9.17) is 0 Å². The molecule has 0 aromatic carbocycles. The monoisotopic (exact) mass is 283 g/mol.